The molecular formula is C10H19F6N4O3P. The molecule has 24 heavy (non-hydrogen) atoms. The van der Waals surface area contributed by atoms with Crippen LogP contribution in [0.2, 0.25) is 0 Å². The van der Waals surface area contributed by atoms with Crippen molar-refractivity contribution in [2.45, 2.75) is 13.0 Å². The fraction of sp³-hybridized carbons (Fsp3) is 0.700. The van der Waals surface area contributed by atoms with Gasteiger partial charge in [-0.05, 0) is 6.92 Å². The molecule has 1 N–H and O–H groups in total. The third-order valence-corrected chi connectivity index (χ3v) is 1.68. The maximum absolute atomic E-state index is 11.3. The van der Waals surface area contributed by atoms with E-state index < -0.39 is 19.8 Å². The second kappa shape index (κ2) is 7.85. The zero-order valence-corrected chi connectivity index (χ0v) is 14.5. The number of hydrogen-bond donors (Lipinski definition) is 1. The number of hydroxylamine groups is 1. The van der Waals surface area contributed by atoms with E-state index >= 15 is 0 Å². The van der Waals surface area contributed by atoms with Crippen molar-refractivity contribution in [3.05, 3.63) is 0 Å². The number of halogens is 6. The molecule has 0 aromatic rings. The van der Waals surface area contributed by atoms with Gasteiger partial charge in [0.1, 0.15) is 0 Å². The van der Waals surface area contributed by atoms with Crippen LogP contribution < -0.4 is 5.48 Å². The van der Waals surface area contributed by atoms with Gasteiger partial charge < -0.3 is 9.57 Å². The molecule has 0 aliphatic carbocycles. The number of carbonyl (C=O) groups is 1. The Morgan fingerprint density at radius 2 is 1.67 bits per heavy atom. The van der Waals surface area contributed by atoms with Crippen LogP contribution in [0.1, 0.15) is 6.92 Å². The first-order chi connectivity index (χ1) is 10.4. The molecule has 1 atom stereocenters. The number of nitriles is 1. The predicted molar refractivity (Wildman–Crippen MR) is 74.6 cm³/mol. The van der Waals surface area contributed by atoms with E-state index in [4.69, 9.17) is 14.8 Å². The van der Waals surface area contributed by atoms with Crippen molar-refractivity contribution in [3.8, 4) is 6.07 Å². The summed E-state index contributed by atoms with van der Waals surface area (Å²) in [6.07, 6.45) is 0. The molecule has 0 bridgehead atoms. The van der Waals surface area contributed by atoms with Gasteiger partial charge in [0, 0.05) is 0 Å². The van der Waals surface area contributed by atoms with Gasteiger partial charge in [-0.1, -0.05) is 0 Å². The Morgan fingerprint density at radius 3 is 1.92 bits per heavy atom. The molecular weight excluding hydrogens is 369 g/mol. The number of esters is 1. The Balaban J connectivity index is 0. The third kappa shape index (κ3) is 18.2. The van der Waals surface area contributed by atoms with Gasteiger partial charge in [-0.2, -0.15) is 5.26 Å². The molecule has 0 aliphatic heterocycles. The zero-order valence-electron chi connectivity index (χ0n) is 13.6. The zero-order chi connectivity index (χ0) is 19.8. The molecule has 7 nitrogen and oxygen atoms in total. The topological polar surface area (TPSA) is 77.6 Å². The normalized spacial score (nSPS) is 14.6. The Kier molecular flexibility index (Phi) is 8.00. The fourth-order valence-electron chi connectivity index (χ4n) is 1.05. The van der Waals surface area contributed by atoms with E-state index in [0.717, 1.165) is 0 Å². The van der Waals surface area contributed by atoms with Gasteiger partial charge in [0.2, 0.25) is 6.04 Å². The minimum absolute atomic E-state index is 0.219. The van der Waals surface area contributed by atoms with E-state index in [2.05, 4.69) is 5.48 Å². The molecule has 0 spiro atoms. The average molecular weight is 388 g/mol. The fourth-order valence-corrected chi connectivity index (χ4v) is 1.05. The van der Waals surface area contributed by atoms with Crippen molar-refractivity contribution in [2.75, 3.05) is 34.8 Å². The standard InChI is InChI=1S/C10H19N4O3.F6P/c1-6-16-9(15)8(7-11)12-17-10(13(2)3)14(4)5;1-7(2,3,4,5)6/h8,12H,6H2,1-5H3;/q+1;-1. The van der Waals surface area contributed by atoms with Crippen LogP contribution in [0.5, 0.6) is 0 Å². The van der Waals surface area contributed by atoms with Crippen LogP contribution in [0.25, 0.3) is 0 Å². The monoisotopic (exact) mass is 388 g/mol. The van der Waals surface area contributed by atoms with Crippen molar-refractivity contribution in [3.63, 3.8) is 0 Å². The van der Waals surface area contributed by atoms with Gasteiger partial charge in [-0.3, -0.25) is 0 Å². The first-order valence-corrected chi connectivity index (χ1v) is 8.18. The van der Waals surface area contributed by atoms with Crippen LogP contribution in [0.4, 0.5) is 25.2 Å². The molecule has 0 rings (SSSR count). The molecule has 0 saturated carbocycles. The molecule has 14 heteroatoms. The van der Waals surface area contributed by atoms with Gasteiger partial charge in [-0.25, -0.2) is 14.3 Å². The summed E-state index contributed by atoms with van der Waals surface area (Å²) in [5, 5.41) is 8.78. The van der Waals surface area contributed by atoms with E-state index in [-0.39, 0.29) is 6.61 Å². The molecule has 0 aliphatic rings. The van der Waals surface area contributed by atoms with Crippen LogP contribution in [-0.4, -0.2) is 62.3 Å². The number of amidine groups is 1. The molecule has 0 fully saturated rings. The van der Waals surface area contributed by atoms with Crippen LogP contribution in [0.15, 0.2) is 0 Å². The number of nitrogens with zero attached hydrogens (tertiary/aromatic N) is 3. The van der Waals surface area contributed by atoms with Crippen molar-refractivity contribution in [2.24, 2.45) is 0 Å². The average Bonchev–Trinajstić information content (AvgIpc) is 2.29. The summed E-state index contributed by atoms with van der Waals surface area (Å²) in [5.74, 6) is -0.660. The van der Waals surface area contributed by atoms with E-state index in [1.54, 1.807) is 50.7 Å². The Morgan fingerprint density at radius 1 is 1.25 bits per heavy atom. The van der Waals surface area contributed by atoms with Crippen molar-refractivity contribution < 1.29 is 44.1 Å². The van der Waals surface area contributed by atoms with E-state index in [0.29, 0.717) is 6.02 Å². The minimum atomic E-state index is -10.7. The predicted octanol–water partition coefficient (Wildman–Crippen LogP) is 2.53. The van der Waals surface area contributed by atoms with E-state index in [9.17, 15) is 30.0 Å². The van der Waals surface area contributed by atoms with Crippen molar-refractivity contribution >= 4 is 19.8 Å². The number of rotatable bonds is 4. The molecule has 0 heterocycles. The number of hydrogen-bond acceptors (Lipinski definition) is 5. The molecule has 144 valence electrons. The van der Waals surface area contributed by atoms with Gasteiger partial charge in [0.25, 0.3) is 0 Å². The summed E-state index contributed by atoms with van der Waals surface area (Å²) >= 11 is 0. The summed E-state index contributed by atoms with van der Waals surface area (Å²) in [7, 11) is -3.54. The molecule has 1 unspecified atom stereocenters. The molecule has 0 aromatic carbocycles. The third-order valence-electron chi connectivity index (χ3n) is 1.68. The van der Waals surface area contributed by atoms with Gasteiger partial charge in [0.15, 0.2) is 0 Å². The quantitative estimate of drug-likeness (QED) is 0.152. The maximum atomic E-state index is 11.3. The van der Waals surface area contributed by atoms with Crippen molar-refractivity contribution in [1.82, 2.24) is 10.4 Å². The SMILES string of the molecule is CCOC(=O)C(C#N)NOC(N(C)C)=[N+](C)C.F[P-](F)(F)(F)(F)F. The summed E-state index contributed by atoms with van der Waals surface area (Å²) in [6.45, 7) is 1.89. The number of carbonyl (C=O) groups excluding carboxylic acids is 1. The van der Waals surface area contributed by atoms with Gasteiger partial charge in [-0.15, -0.1) is 5.48 Å². The second-order valence-corrected chi connectivity index (χ2v) is 6.48. The van der Waals surface area contributed by atoms with Gasteiger partial charge >= 0.3 is 45.0 Å². The van der Waals surface area contributed by atoms with Crippen molar-refractivity contribution in [1.29, 1.82) is 5.26 Å². The first kappa shape index (κ1) is 24.5. The van der Waals surface area contributed by atoms with E-state index in [1.165, 1.54) is 0 Å². The van der Waals surface area contributed by atoms with E-state index in [1.807, 2.05) is 0 Å². The summed E-state index contributed by atoms with van der Waals surface area (Å²) in [5.41, 5.74) is 2.36. The molecule has 0 saturated heterocycles. The summed E-state index contributed by atoms with van der Waals surface area (Å²) in [6, 6.07) is 1.08. The van der Waals surface area contributed by atoms with Crippen LogP contribution in [0, 0.1) is 11.3 Å². The Bertz CT molecular complexity index is 499. The Hall–Kier alpha value is -1.80. The second-order valence-electron chi connectivity index (χ2n) is 4.56. The first-order valence-electron chi connectivity index (χ1n) is 6.15. The van der Waals surface area contributed by atoms with Crippen LogP contribution in [-0.2, 0) is 14.4 Å². The van der Waals surface area contributed by atoms with Gasteiger partial charge in [0.05, 0.1) is 40.9 Å². The molecule has 0 amide bonds. The summed E-state index contributed by atoms with van der Waals surface area (Å²) in [4.78, 5) is 18.2. The number of nitrogens with one attached hydrogen (secondary N) is 1. The van der Waals surface area contributed by atoms with Crippen LogP contribution >= 0.6 is 7.81 Å². The molecule has 0 aromatic heterocycles. The molecule has 0 radical (unpaired) electrons. The number of ether oxygens (including phenoxy) is 1. The Labute approximate surface area is 134 Å². The summed E-state index contributed by atoms with van der Waals surface area (Å²) < 4.78 is 65.6. The van der Waals surface area contributed by atoms with Crippen LogP contribution in [0.3, 0.4) is 0 Å².